The van der Waals surface area contributed by atoms with Crippen LogP contribution in [0, 0.1) is 0 Å². The molecule has 1 aliphatic heterocycles. The Morgan fingerprint density at radius 2 is 1.85 bits per heavy atom. The highest BCUT2D eigenvalue weighted by Gasteiger charge is 2.44. The summed E-state index contributed by atoms with van der Waals surface area (Å²) >= 11 is 0.850. The monoisotopic (exact) mass is 300 g/mol. The number of nitrogens with zero attached hydrogens (tertiary/aromatic N) is 2. The number of hydrogen-bond donors (Lipinski definition) is 1. The average Bonchev–Trinajstić information content (AvgIpc) is 2.59. The fourth-order valence-corrected chi connectivity index (χ4v) is 2.24. The Labute approximate surface area is 120 Å². The van der Waals surface area contributed by atoms with E-state index in [0.717, 1.165) is 16.7 Å². The van der Waals surface area contributed by atoms with Crippen molar-refractivity contribution in [1.82, 2.24) is 9.80 Å². The highest BCUT2D eigenvalue weighted by molar-refractivity contribution is 8.14. The number of rotatable bonds is 6. The number of likely N-dealkylation sites (N-methyl/N-ethyl adjacent to an activating group) is 1. The van der Waals surface area contributed by atoms with E-state index in [1.54, 1.807) is 13.8 Å². The fraction of sp³-hybridized carbons (Fsp3) is 0.500. The topological polar surface area (TPSA) is 95.0 Å². The molecule has 0 aromatic carbocycles. The van der Waals surface area contributed by atoms with E-state index in [4.69, 9.17) is 0 Å². The van der Waals surface area contributed by atoms with Gasteiger partial charge in [0, 0.05) is 12.3 Å². The summed E-state index contributed by atoms with van der Waals surface area (Å²) in [5, 5.41) is 9.47. The van der Waals surface area contributed by atoms with Crippen molar-refractivity contribution in [1.29, 1.82) is 0 Å². The predicted octanol–water partition coefficient (Wildman–Crippen LogP) is -0.00610. The van der Waals surface area contributed by atoms with E-state index in [1.165, 1.54) is 0 Å². The van der Waals surface area contributed by atoms with E-state index in [1.807, 2.05) is 0 Å². The first-order chi connectivity index (χ1) is 9.29. The van der Waals surface area contributed by atoms with E-state index < -0.39 is 23.9 Å². The van der Waals surface area contributed by atoms with Gasteiger partial charge in [0.05, 0.1) is 12.6 Å². The van der Waals surface area contributed by atoms with Crippen LogP contribution in [0.4, 0.5) is 4.79 Å². The number of urea groups is 1. The molecule has 1 fully saturated rings. The number of amides is 4. The molecule has 0 aromatic rings. The van der Waals surface area contributed by atoms with Crippen LogP contribution in [-0.2, 0) is 14.4 Å². The minimum atomic E-state index is -1.08. The predicted molar refractivity (Wildman–Crippen MR) is 72.8 cm³/mol. The molecule has 4 amide bonds. The number of imide groups is 2. The van der Waals surface area contributed by atoms with Crippen molar-refractivity contribution in [2.75, 3.05) is 18.8 Å². The molecule has 0 spiro atoms. The fourth-order valence-electron chi connectivity index (χ4n) is 1.55. The molecule has 7 nitrogen and oxygen atoms in total. The molecule has 1 saturated heterocycles. The largest absolute Gasteiger partial charge is 0.390 e. The standard InChI is InChI=1S/C12H16N2O5S/c1-4-13-9(16)10(17)14(12(13)19)5-8(15)6-20-11(18)7(2)3/h8,15H,2,4-6H2,1,3H3. The molecule has 110 valence electrons. The van der Waals surface area contributed by atoms with Gasteiger partial charge in [-0.3, -0.25) is 24.2 Å². The summed E-state index contributed by atoms with van der Waals surface area (Å²) in [6, 6.07) is -0.738. The van der Waals surface area contributed by atoms with Crippen LogP contribution in [0.25, 0.3) is 0 Å². The molecule has 1 aliphatic rings. The SMILES string of the molecule is C=C(C)C(=O)SCC(O)CN1C(=O)C(=O)N(CC)C1=O. The molecular formula is C12H16N2O5S. The van der Waals surface area contributed by atoms with Crippen LogP contribution in [0.2, 0.25) is 0 Å². The molecule has 0 bridgehead atoms. The summed E-state index contributed by atoms with van der Waals surface area (Å²) in [5.74, 6) is -1.83. The molecule has 1 heterocycles. The molecule has 1 atom stereocenters. The molecule has 0 saturated carbocycles. The van der Waals surface area contributed by atoms with Gasteiger partial charge < -0.3 is 5.11 Å². The van der Waals surface area contributed by atoms with Gasteiger partial charge in [0.2, 0.25) is 5.12 Å². The first-order valence-corrected chi connectivity index (χ1v) is 6.96. The van der Waals surface area contributed by atoms with Crippen molar-refractivity contribution < 1.29 is 24.3 Å². The van der Waals surface area contributed by atoms with Crippen molar-refractivity contribution >= 4 is 34.7 Å². The summed E-state index contributed by atoms with van der Waals surface area (Å²) in [5.41, 5.74) is 0.350. The molecule has 1 rings (SSSR count). The van der Waals surface area contributed by atoms with Gasteiger partial charge in [-0.05, 0) is 19.4 Å². The molecule has 0 radical (unpaired) electrons. The highest BCUT2D eigenvalue weighted by Crippen LogP contribution is 2.15. The lowest BCUT2D eigenvalue weighted by Gasteiger charge is -2.17. The summed E-state index contributed by atoms with van der Waals surface area (Å²) < 4.78 is 0. The second-order valence-corrected chi connectivity index (χ2v) is 5.27. The van der Waals surface area contributed by atoms with Gasteiger partial charge in [-0.25, -0.2) is 4.79 Å². The van der Waals surface area contributed by atoms with E-state index >= 15 is 0 Å². The van der Waals surface area contributed by atoms with Crippen molar-refractivity contribution in [3.05, 3.63) is 12.2 Å². The Morgan fingerprint density at radius 3 is 2.30 bits per heavy atom. The van der Waals surface area contributed by atoms with Crippen LogP contribution in [0.3, 0.4) is 0 Å². The smallest absolute Gasteiger partial charge is 0.334 e. The summed E-state index contributed by atoms with van der Waals surface area (Å²) in [7, 11) is 0. The normalized spacial score (nSPS) is 16.9. The zero-order valence-corrected chi connectivity index (χ0v) is 12.1. The van der Waals surface area contributed by atoms with Crippen molar-refractivity contribution in [3.63, 3.8) is 0 Å². The first kappa shape index (κ1) is 16.4. The second kappa shape index (κ2) is 6.67. The maximum Gasteiger partial charge on any atom is 0.334 e. The van der Waals surface area contributed by atoms with Crippen molar-refractivity contribution in [3.8, 4) is 0 Å². The number of carbonyl (C=O) groups is 4. The Kier molecular flexibility index (Phi) is 5.46. The Balaban J connectivity index is 2.58. The van der Waals surface area contributed by atoms with E-state index in [-0.39, 0.29) is 24.0 Å². The minimum Gasteiger partial charge on any atom is -0.390 e. The van der Waals surface area contributed by atoms with E-state index in [2.05, 4.69) is 6.58 Å². The molecule has 0 aromatic heterocycles. The number of hydrogen-bond acceptors (Lipinski definition) is 6. The maximum atomic E-state index is 11.8. The molecule has 0 aliphatic carbocycles. The van der Waals surface area contributed by atoms with E-state index in [9.17, 15) is 24.3 Å². The molecule has 8 heteroatoms. The third-order valence-corrected chi connectivity index (χ3v) is 3.76. The lowest BCUT2D eigenvalue weighted by atomic mass is 10.3. The molecular weight excluding hydrogens is 284 g/mol. The van der Waals surface area contributed by atoms with Crippen LogP contribution in [-0.4, -0.2) is 62.8 Å². The highest BCUT2D eigenvalue weighted by atomic mass is 32.2. The Bertz CT molecular complexity index is 476. The lowest BCUT2D eigenvalue weighted by Crippen LogP contribution is -2.39. The van der Waals surface area contributed by atoms with Gasteiger partial charge in [0.25, 0.3) is 0 Å². The Morgan fingerprint density at radius 1 is 1.30 bits per heavy atom. The van der Waals surface area contributed by atoms with Crippen molar-refractivity contribution in [2.24, 2.45) is 0 Å². The number of carbonyl (C=O) groups excluding carboxylic acids is 4. The number of thioether (sulfide) groups is 1. The number of aliphatic hydroxyl groups excluding tert-OH is 1. The Hall–Kier alpha value is -1.67. The van der Waals surface area contributed by atoms with Gasteiger partial charge in [-0.1, -0.05) is 18.3 Å². The van der Waals surface area contributed by atoms with Gasteiger partial charge >= 0.3 is 17.8 Å². The zero-order valence-electron chi connectivity index (χ0n) is 11.3. The third-order valence-electron chi connectivity index (χ3n) is 2.60. The lowest BCUT2D eigenvalue weighted by molar-refractivity contribution is -0.143. The molecule has 1 N–H and O–H groups in total. The van der Waals surface area contributed by atoms with Gasteiger partial charge in [0.1, 0.15) is 0 Å². The van der Waals surface area contributed by atoms with Crippen LogP contribution in [0.15, 0.2) is 12.2 Å². The maximum absolute atomic E-state index is 11.8. The second-order valence-electron chi connectivity index (χ2n) is 4.28. The summed E-state index contributed by atoms with van der Waals surface area (Å²) in [4.78, 5) is 47.6. The van der Waals surface area contributed by atoms with E-state index in [0.29, 0.717) is 10.5 Å². The molecule has 20 heavy (non-hydrogen) atoms. The van der Waals surface area contributed by atoms with Crippen molar-refractivity contribution in [2.45, 2.75) is 20.0 Å². The minimum absolute atomic E-state index is 0.0169. The quantitative estimate of drug-likeness (QED) is 0.421. The van der Waals surface area contributed by atoms with Crippen LogP contribution in [0.5, 0.6) is 0 Å². The van der Waals surface area contributed by atoms with Crippen LogP contribution >= 0.6 is 11.8 Å². The van der Waals surface area contributed by atoms with Gasteiger partial charge in [-0.2, -0.15) is 0 Å². The number of β-amino-alcohol motifs (C(OH)–C–C–N with tert-alkyl or cyclic N) is 1. The number of aliphatic hydroxyl groups is 1. The van der Waals surface area contributed by atoms with Gasteiger partial charge in [-0.15, -0.1) is 0 Å². The summed E-state index contributed by atoms with van der Waals surface area (Å²) in [6.45, 7) is 6.38. The average molecular weight is 300 g/mol. The third kappa shape index (κ3) is 3.45. The molecule has 1 unspecified atom stereocenters. The van der Waals surface area contributed by atoms with Gasteiger partial charge in [0.15, 0.2) is 0 Å². The summed E-state index contributed by atoms with van der Waals surface area (Å²) in [6.07, 6.45) is -1.08. The van der Waals surface area contributed by atoms with Crippen LogP contribution < -0.4 is 0 Å². The zero-order chi connectivity index (χ0) is 15.4. The van der Waals surface area contributed by atoms with Crippen LogP contribution in [0.1, 0.15) is 13.8 Å². The first-order valence-electron chi connectivity index (χ1n) is 5.97.